The van der Waals surface area contributed by atoms with Crippen molar-refractivity contribution in [3.63, 3.8) is 0 Å². The van der Waals surface area contributed by atoms with Gasteiger partial charge in [-0.2, -0.15) is 4.98 Å². The molecule has 0 N–H and O–H groups in total. The molecular weight excluding hydrogens is 184 g/mol. The molecule has 0 atom stereocenters. The molecule has 76 valence electrons. The Labute approximate surface area is 82.1 Å². The van der Waals surface area contributed by atoms with Gasteiger partial charge in [-0.25, -0.2) is 9.78 Å². The van der Waals surface area contributed by atoms with Gasteiger partial charge in [-0.05, 0) is 20.8 Å². The number of aromatic nitrogens is 2. The van der Waals surface area contributed by atoms with Crippen LogP contribution in [-0.4, -0.2) is 22.7 Å². The van der Waals surface area contributed by atoms with Gasteiger partial charge in [0.05, 0.1) is 6.61 Å². The number of carbonyl (C=O) groups is 1. The van der Waals surface area contributed by atoms with E-state index in [1.807, 2.05) is 0 Å². The van der Waals surface area contributed by atoms with Crippen LogP contribution in [0.15, 0.2) is 6.07 Å². The van der Waals surface area contributed by atoms with E-state index in [0.717, 1.165) is 5.69 Å². The van der Waals surface area contributed by atoms with E-state index in [2.05, 4.69) is 14.7 Å². The van der Waals surface area contributed by atoms with Crippen molar-refractivity contribution >= 4 is 6.16 Å². The van der Waals surface area contributed by atoms with Gasteiger partial charge in [0.2, 0.25) is 5.88 Å². The van der Waals surface area contributed by atoms with Crippen LogP contribution in [0.3, 0.4) is 0 Å². The second-order valence-electron chi connectivity index (χ2n) is 2.68. The fraction of sp³-hybridized carbons (Fsp3) is 0.444. The SMILES string of the molecule is CCOC(=O)Oc1cc(C)nc(C)n1. The van der Waals surface area contributed by atoms with Crippen molar-refractivity contribution in [3.05, 3.63) is 17.6 Å². The third-order valence-electron chi connectivity index (χ3n) is 1.39. The van der Waals surface area contributed by atoms with Crippen LogP contribution >= 0.6 is 0 Å². The van der Waals surface area contributed by atoms with Crippen LogP contribution in [0.2, 0.25) is 0 Å². The average molecular weight is 196 g/mol. The molecule has 1 aromatic rings. The summed E-state index contributed by atoms with van der Waals surface area (Å²) in [6, 6.07) is 1.57. The molecule has 0 aromatic carbocycles. The molecule has 0 aliphatic heterocycles. The van der Waals surface area contributed by atoms with Gasteiger partial charge < -0.3 is 9.47 Å². The predicted molar refractivity (Wildman–Crippen MR) is 49.2 cm³/mol. The summed E-state index contributed by atoms with van der Waals surface area (Å²) in [7, 11) is 0. The lowest BCUT2D eigenvalue weighted by Gasteiger charge is -2.04. The number of rotatable bonds is 2. The third kappa shape index (κ3) is 3.01. The molecule has 0 unspecified atom stereocenters. The maximum absolute atomic E-state index is 10.9. The molecule has 5 nitrogen and oxygen atoms in total. The number of ether oxygens (including phenoxy) is 2. The zero-order valence-electron chi connectivity index (χ0n) is 8.40. The fourth-order valence-electron chi connectivity index (χ4n) is 0.968. The molecule has 1 aromatic heterocycles. The molecule has 0 fully saturated rings. The zero-order valence-corrected chi connectivity index (χ0v) is 8.40. The minimum Gasteiger partial charge on any atom is -0.434 e. The highest BCUT2D eigenvalue weighted by Crippen LogP contribution is 2.08. The second kappa shape index (κ2) is 4.55. The molecule has 0 aliphatic rings. The van der Waals surface area contributed by atoms with E-state index in [4.69, 9.17) is 4.74 Å². The summed E-state index contributed by atoms with van der Waals surface area (Å²) in [5, 5.41) is 0. The summed E-state index contributed by atoms with van der Waals surface area (Å²) in [6.07, 6.45) is -0.745. The van der Waals surface area contributed by atoms with Crippen molar-refractivity contribution in [2.75, 3.05) is 6.61 Å². The quantitative estimate of drug-likeness (QED) is 0.673. The van der Waals surface area contributed by atoms with Crippen LogP contribution in [0.25, 0.3) is 0 Å². The summed E-state index contributed by atoms with van der Waals surface area (Å²) >= 11 is 0. The molecule has 0 saturated carbocycles. The van der Waals surface area contributed by atoms with E-state index >= 15 is 0 Å². The molecule has 1 heterocycles. The Morgan fingerprint density at radius 2 is 2.14 bits per heavy atom. The van der Waals surface area contributed by atoms with Gasteiger partial charge in [0.25, 0.3) is 0 Å². The Kier molecular flexibility index (Phi) is 3.39. The van der Waals surface area contributed by atoms with Crippen LogP contribution in [0.1, 0.15) is 18.4 Å². The Morgan fingerprint density at radius 3 is 2.71 bits per heavy atom. The lowest BCUT2D eigenvalue weighted by molar-refractivity contribution is 0.102. The summed E-state index contributed by atoms with van der Waals surface area (Å²) in [6.45, 7) is 5.51. The molecule has 0 bridgehead atoms. The minimum atomic E-state index is -0.745. The highest BCUT2D eigenvalue weighted by molar-refractivity contribution is 5.62. The normalized spacial score (nSPS) is 9.64. The maximum atomic E-state index is 10.9. The smallest absolute Gasteiger partial charge is 0.434 e. The number of carbonyl (C=O) groups excluding carboxylic acids is 1. The summed E-state index contributed by atoms with van der Waals surface area (Å²) in [5.74, 6) is 0.776. The van der Waals surface area contributed by atoms with Gasteiger partial charge in [0.1, 0.15) is 5.82 Å². The van der Waals surface area contributed by atoms with Crippen molar-refractivity contribution in [2.45, 2.75) is 20.8 Å². The number of hydrogen-bond acceptors (Lipinski definition) is 5. The summed E-state index contributed by atoms with van der Waals surface area (Å²) in [4.78, 5) is 18.9. The van der Waals surface area contributed by atoms with E-state index in [-0.39, 0.29) is 12.5 Å². The summed E-state index contributed by atoms with van der Waals surface area (Å²) in [5.41, 5.74) is 0.747. The Balaban J connectivity index is 2.71. The molecule has 14 heavy (non-hydrogen) atoms. The van der Waals surface area contributed by atoms with Crippen LogP contribution < -0.4 is 4.74 Å². The van der Waals surface area contributed by atoms with E-state index in [0.29, 0.717) is 5.82 Å². The molecule has 0 spiro atoms. The van der Waals surface area contributed by atoms with Crippen molar-refractivity contribution in [2.24, 2.45) is 0 Å². The van der Waals surface area contributed by atoms with Crippen molar-refractivity contribution in [1.29, 1.82) is 0 Å². The monoisotopic (exact) mass is 196 g/mol. The van der Waals surface area contributed by atoms with Gasteiger partial charge in [-0.1, -0.05) is 0 Å². The largest absolute Gasteiger partial charge is 0.515 e. The highest BCUT2D eigenvalue weighted by Gasteiger charge is 2.07. The van der Waals surface area contributed by atoms with Crippen molar-refractivity contribution in [1.82, 2.24) is 9.97 Å². The highest BCUT2D eigenvalue weighted by atomic mass is 16.7. The van der Waals surface area contributed by atoms with Crippen molar-refractivity contribution in [3.8, 4) is 5.88 Å². The van der Waals surface area contributed by atoms with Crippen LogP contribution in [0, 0.1) is 13.8 Å². The van der Waals surface area contributed by atoms with E-state index in [1.54, 1.807) is 26.8 Å². The van der Waals surface area contributed by atoms with E-state index in [1.165, 1.54) is 0 Å². The van der Waals surface area contributed by atoms with Gasteiger partial charge in [0, 0.05) is 11.8 Å². The van der Waals surface area contributed by atoms with Gasteiger partial charge in [0.15, 0.2) is 0 Å². The van der Waals surface area contributed by atoms with Gasteiger partial charge in [-0.15, -0.1) is 0 Å². The first-order valence-electron chi connectivity index (χ1n) is 4.28. The van der Waals surface area contributed by atoms with E-state index < -0.39 is 6.16 Å². The van der Waals surface area contributed by atoms with Gasteiger partial charge >= 0.3 is 6.16 Å². The minimum absolute atomic E-state index is 0.216. The average Bonchev–Trinajstić information content (AvgIpc) is 2.01. The molecular formula is C9H12N2O3. The van der Waals surface area contributed by atoms with Crippen LogP contribution in [0.4, 0.5) is 4.79 Å². The number of aryl methyl sites for hydroxylation is 2. The Hall–Kier alpha value is -1.65. The Morgan fingerprint density at radius 1 is 1.43 bits per heavy atom. The van der Waals surface area contributed by atoms with Gasteiger partial charge in [-0.3, -0.25) is 0 Å². The number of hydrogen-bond donors (Lipinski definition) is 0. The lowest BCUT2D eigenvalue weighted by atomic mass is 10.4. The molecule has 0 radical (unpaired) electrons. The maximum Gasteiger partial charge on any atom is 0.515 e. The molecule has 5 heteroatoms. The first kappa shape index (κ1) is 10.4. The third-order valence-corrected chi connectivity index (χ3v) is 1.39. The molecule has 0 saturated heterocycles. The fourth-order valence-corrected chi connectivity index (χ4v) is 0.968. The Bertz CT molecular complexity index is 319. The zero-order chi connectivity index (χ0) is 10.6. The number of nitrogens with zero attached hydrogens (tertiary/aromatic N) is 2. The molecule has 1 rings (SSSR count). The lowest BCUT2D eigenvalue weighted by Crippen LogP contribution is -2.11. The van der Waals surface area contributed by atoms with Crippen molar-refractivity contribution < 1.29 is 14.3 Å². The molecule has 0 aliphatic carbocycles. The van der Waals surface area contributed by atoms with E-state index in [9.17, 15) is 4.79 Å². The topological polar surface area (TPSA) is 61.3 Å². The molecule has 0 amide bonds. The standard InChI is InChI=1S/C9H12N2O3/c1-4-13-9(12)14-8-5-6(2)10-7(3)11-8/h5H,4H2,1-3H3. The van der Waals surface area contributed by atoms with Crippen LogP contribution in [-0.2, 0) is 4.74 Å². The van der Waals surface area contributed by atoms with Crippen LogP contribution in [0.5, 0.6) is 5.88 Å². The first-order valence-corrected chi connectivity index (χ1v) is 4.28. The second-order valence-corrected chi connectivity index (χ2v) is 2.68. The first-order chi connectivity index (χ1) is 6.61. The predicted octanol–water partition coefficient (Wildman–Crippen LogP) is 1.63. The summed E-state index contributed by atoms with van der Waals surface area (Å²) < 4.78 is 9.41.